The van der Waals surface area contributed by atoms with Crippen LogP contribution in [-0.4, -0.2) is 51.0 Å². The number of hydrogen-bond donors (Lipinski definition) is 1. The second-order valence-electron chi connectivity index (χ2n) is 7.99. The third-order valence-electron chi connectivity index (χ3n) is 5.60. The molecule has 1 amide bonds. The number of benzene rings is 3. The molecule has 0 bridgehead atoms. The Labute approximate surface area is 194 Å². The number of ether oxygens (including phenoxy) is 2. The van der Waals surface area contributed by atoms with E-state index in [1.54, 1.807) is 31.2 Å². The maximum atomic E-state index is 12.6. The highest BCUT2D eigenvalue weighted by Gasteiger charge is 2.26. The average molecular weight is 469 g/mol. The summed E-state index contributed by atoms with van der Waals surface area (Å²) in [5, 5.41) is 4.95. The van der Waals surface area contributed by atoms with E-state index < -0.39 is 16.1 Å². The molecule has 0 spiro atoms. The predicted molar refractivity (Wildman–Crippen MR) is 127 cm³/mol. The highest BCUT2D eigenvalue weighted by Crippen LogP contribution is 2.23. The summed E-state index contributed by atoms with van der Waals surface area (Å²) in [6, 6.07) is 20.1. The molecule has 1 heterocycles. The summed E-state index contributed by atoms with van der Waals surface area (Å²) < 4.78 is 38.1. The van der Waals surface area contributed by atoms with E-state index in [1.165, 1.54) is 4.31 Å². The quantitative estimate of drug-likeness (QED) is 0.485. The maximum absolute atomic E-state index is 12.6. The smallest absolute Gasteiger partial charge is 0.260 e. The second kappa shape index (κ2) is 10.2. The van der Waals surface area contributed by atoms with Gasteiger partial charge in [-0.2, -0.15) is 4.31 Å². The van der Waals surface area contributed by atoms with Crippen molar-refractivity contribution in [2.24, 2.45) is 0 Å². The van der Waals surface area contributed by atoms with Gasteiger partial charge in [-0.15, -0.1) is 0 Å². The van der Waals surface area contributed by atoms with E-state index in [9.17, 15) is 13.2 Å². The Morgan fingerprint density at radius 2 is 1.64 bits per heavy atom. The third kappa shape index (κ3) is 5.64. The van der Waals surface area contributed by atoms with Crippen molar-refractivity contribution in [3.05, 3.63) is 66.7 Å². The molecule has 0 aliphatic carbocycles. The Morgan fingerprint density at radius 3 is 2.36 bits per heavy atom. The first-order valence-electron chi connectivity index (χ1n) is 11.1. The first kappa shape index (κ1) is 23.1. The largest absolute Gasteiger partial charge is 0.492 e. The van der Waals surface area contributed by atoms with Crippen LogP contribution in [0.3, 0.4) is 0 Å². The van der Waals surface area contributed by atoms with Gasteiger partial charge in [-0.05, 0) is 66.9 Å². The number of carbonyl (C=O) groups is 1. The number of fused-ring (bicyclic) bond motifs is 1. The van der Waals surface area contributed by atoms with Crippen molar-refractivity contribution in [3.8, 4) is 11.5 Å². The van der Waals surface area contributed by atoms with Gasteiger partial charge in [0.1, 0.15) is 18.1 Å². The Morgan fingerprint density at radius 1 is 0.970 bits per heavy atom. The van der Waals surface area contributed by atoms with Crippen LogP contribution in [0.15, 0.2) is 71.6 Å². The zero-order valence-electron chi connectivity index (χ0n) is 18.6. The lowest BCUT2D eigenvalue weighted by atomic mass is 10.1. The Hall–Kier alpha value is -3.10. The first-order chi connectivity index (χ1) is 15.9. The minimum atomic E-state index is -3.43. The molecule has 1 N–H and O–H groups in total. The molecule has 1 aliphatic rings. The minimum Gasteiger partial charge on any atom is -0.492 e. The lowest BCUT2D eigenvalue weighted by molar-refractivity contribution is -0.127. The minimum absolute atomic E-state index is 0.237. The summed E-state index contributed by atoms with van der Waals surface area (Å²) in [6.07, 6.45) is 1.15. The molecule has 7 nitrogen and oxygen atoms in total. The Bertz CT molecular complexity index is 1200. The van der Waals surface area contributed by atoms with Gasteiger partial charge < -0.3 is 14.8 Å². The van der Waals surface area contributed by atoms with Gasteiger partial charge in [0, 0.05) is 13.1 Å². The van der Waals surface area contributed by atoms with Gasteiger partial charge >= 0.3 is 0 Å². The molecule has 1 saturated heterocycles. The van der Waals surface area contributed by atoms with Crippen LogP contribution < -0.4 is 14.8 Å². The topological polar surface area (TPSA) is 84.9 Å². The van der Waals surface area contributed by atoms with Gasteiger partial charge in [-0.3, -0.25) is 4.79 Å². The molecule has 3 aromatic rings. The van der Waals surface area contributed by atoms with E-state index in [0.29, 0.717) is 31.1 Å². The Balaban J connectivity index is 1.22. The normalized spacial score (nSPS) is 15.3. The molecule has 3 aromatic carbocycles. The summed E-state index contributed by atoms with van der Waals surface area (Å²) in [4.78, 5) is 12.6. The molecule has 33 heavy (non-hydrogen) atoms. The molecule has 174 valence electrons. The van der Waals surface area contributed by atoms with Crippen molar-refractivity contribution >= 4 is 26.7 Å². The van der Waals surface area contributed by atoms with Crippen LogP contribution in [-0.2, 0) is 14.8 Å². The van der Waals surface area contributed by atoms with Crippen LogP contribution in [0.25, 0.3) is 10.8 Å². The van der Waals surface area contributed by atoms with E-state index in [2.05, 4.69) is 5.32 Å². The summed E-state index contributed by atoms with van der Waals surface area (Å²) in [7, 11) is -3.43. The van der Waals surface area contributed by atoms with E-state index in [1.807, 2.05) is 42.5 Å². The highest BCUT2D eigenvalue weighted by atomic mass is 32.2. The van der Waals surface area contributed by atoms with E-state index in [-0.39, 0.29) is 17.4 Å². The molecule has 4 rings (SSSR count). The summed E-state index contributed by atoms with van der Waals surface area (Å²) in [6.45, 7) is 3.40. The average Bonchev–Trinajstić information content (AvgIpc) is 3.38. The standard InChI is InChI=1S/C25H28N2O5S/c1-19(32-23-9-8-20-6-2-3-7-21(20)18-23)25(28)26-14-17-31-22-10-12-24(13-11-22)33(29,30)27-15-4-5-16-27/h2-3,6-13,18-19H,4-5,14-17H2,1H3,(H,26,28)/t19-/m0/s1. The van der Waals surface area contributed by atoms with Crippen LogP contribution >= 0.6 is 0 Å². The SMILES string of the molecule is C[C@H](Oc1ccc2ccccc2c1)C(=O)NCCOc1ccc(S(=O)(=O)N2CCCC2)cc1. The van der Waals surface area contributed by atoms with Gasteiger partial charge in [0.05, 0.1) is 11.4 Å². The maximum Gasteiger partial charge on any atom is 0.260 e. The van der Waals surface area contributed by atoms with E-state index in [0.717, 1.165) is 23.6 Å². The number of nitrogens with zero attached hydrogens (tertiary/aromatic N) is 1. The fourth-order valence-electron chi connectivity index (χ4n) is 3.77. The molecule has 1 atom stereocenters. The van der Waals surface area contributed by atoms with E-state index in [4.69, 9.17) is 9.47 Å². The summed E-state index contributed by atoms with van der Waals surface area (Å²) in [5.74, 6) is 0.945. The number of carbonyl (C=O) groups excluding carboxylic acids is 1. The third-order valence-corrected chi connectivity index (χ3v) is 7.51. The molecule has 1 fully saturated rings. The number of rotatable bonds is 9. The number of amides is 1. The van der Waals surface area contributed by atoms with Gasteiger partial charge in [-0.25, -0.2) is 8.42 Å². The molecule has 0 radical (unpaired) electrons. The molecular weight excluding hydrogens is 440 g/mol. The van der Waals surface area contributed by atoms with Gasteiger partial charge in [0.15, 0.2) is 6.10 Å². The number of sulfonamides is 1. The second-order valence-corrected chi connectivity index (χ2v) is 9.93. The Kier molecular flexibility index (Phi) is 7.15. The monoisotopic (exact) mass is 468 g/mol. The van der Waals surface area contributed by atoms with Gasteiger partial charge in [0.2, 0.25) is 10.0 Å². The molecular formula is C25H28N2O5S. The van der Waals surface area contributed by atoms with Crippen molar-refractivity contribution < 1.29 is 22.7 Å². The first-order valence-corrected chi connectivity index (χ1v) is 12.5. The van der Waals surface area contributed by atoms with Crippen LogP contribution in [0.5, 0.6) is 11.5 Å². The summed E-state index contributed by atoms with van der Waals surface area (Å²) in [5.41, 5.74) is 0. The van der Waals surface area contributed by atoms with Crippen LogP contribution in [0, 0.1) is 0 Å². The molecule has 0 saturated carbocycles. The molecule has 0 aromatic heterocycles. The predicted octanol–water partition coefficient (Wildman–Crippen LogP) is 3.59. The van der Waals surface area contributed by atoms with Gasteiger partial charge in [-0.1, -0.05) is 30.3 Å². The lowest BCUT2D eigenvalue weighted by Gasteiger charge is -2.16. The highest BCUT2D eigenvalue weighted by molar-refractivity contribution is 7.89. The molecule has 8 heteroatoms. The van der Waals surface area contributed by atoms with Crippen LogP contribution in [0.1, 0.15) is 19.8 Å². The fourth-order valence-corrected chi connectivity index (χ4v) is 5.29. The molecule has 0 unspecified atom stereocenters. The number of nitrogens with one attached hydrogen (secondary N) is 1. The fraction of sp³-hybridized carbons (Fsp3) is 0.320. The summed E-state index contributed by atoms with van der Waals surface area (Å²) >= 11 is 0. The van der Waals surface area contributed by atoms with Crippen molar-refractivity contribution in [3.63, 3.8) is 0 Å². The van der Waals surface area contributed by atoms with Gasteiger partial charge in [0.25, 0.3) is 5.91 Å². The van der Waals surface area contributed by atoms with Crippen molar-refractivity contribution in [2.45, 2.75) is 30.8 Å². The van der Waals surface area contributed by atoms with Crippen LogP contribution in [0.2, 0.25) is 0 Å². The van der Waals surface area contributed by atoms with Crippen LogP contribution in [0.4, 0.5) is 0 Å². The van der Waals surface area contributed by atoms with Crippen molar-refractivity contribution in [2.75, 3.05) is 26.2 Å². The number of hydrogen-bond acceptors (Lipinski definition) is 5. The van der Waals surface area contributed by atoms with E-state index >= 15 is 0 Å². The molecule has 1 aliphatic heterocycles. The lowest BCUT2D eigenvalue weighted by Crippen LogP contribution is -2.38. The van der Waals surface area contributed by atoms with Crippen molar-refractivity contribution in [1.29, 1.82) is 0 Å². The zero-order chi connectivity index (χ0) is 23.3. The van der Waals surface area contributed by atoms with Crippen molar-refractivity contribution in [1.82, 2.24) is 9.62 Å². The zero-order valence-corrected chi connectivity index (χ0v) is 19.4.